The number of ether oxygens (including phenoxy) is 2. The molecule has 0 aliphatic carbocycles. The van der Waals surface area contributed by atoms with E-state index in [1.165, 1.54) is 0 Å². The zero-order chi connectivity index (χ0) is 6.95. The van der Waals surface area contributed by atoms with Crippen LogP contribution in [0.4, 0.5) is 0 Å². The van der Waals surface area contributed by atoms with E-state index in [4.69, 9.17) is 9.47 Å². The highest BCUT2D eigenvalue weighted by Gasteiger charge is 1.84. The van der Waals surface area contributed by atoms with Crippen LogP contribution < -0.4 is 0 Å². The highest BCUT2D eigenvalue weighted by atomic mass is 127. The molecule has 0 aliphatic rings. The zero-order valence-electron chi connectivity index (χ0n) is 5.73. The lowest BCUT2D eigenvalue weighted by Gasteiger charge is -2.00. The van der Waals surface area contributed by atoms with Crippen LogP contribution >= 0.6 is 22.6 Å². The quantitative estimate of drug-likeness (QED) is 0.400. The van der Waals surface area contributed by atoms with Gasteiger partial charge in [0.05, 0.1) is 19.8 Å². The minimum atomic E-state index is 0.729. The summed E-state index contributed by atoms with van der Waals surface area (Å²) in [5, 5.41) is 0. The fraction of sp³-hybridized carbons (Fsp3) is 1.00. The van der Waals surface area contributed by atoms with E-state index in [-0.39, 0.29) is 0 Å². The minimum Gasteiger partial charge on any atom is -0.379 e. The van der Waals surface area contributed by atoms with Crippen LogP contribution in [-0.2, 0) is 9.47 Å². The molecule has 0 aromatic rings. The topological polar surface area (TPSA) is 18.5 Å². The molecule has 9 heavy (non-hydrogen) atoms. The minimum absolute atomic E-state index is 0.729. The Bertz CT molecular complexity index is 44.3. The Morgan fingerprint density at radius 1 is 1.11 bits per heavy atom. The predicted molar refractivity (Wildman–Crippen MR) is 46.2 cm³/mol. The summed E-state index contributed by atoms with van der Waals surface area (Å²) >= 11 is 2.28. The Labute approximate surface area is 70.1 Å². The van der Waals surface area contributed by atoms with E-state index in [0.717, 1.165) is 30.9 Å². The third-order valence-corrected chi connectivity index (χ3v) is 1.24. The largest absolute Gasteiger partial charge is 0.379 e. The summed E-state index contributed by atoms with van der Waals surface area (Å²) in [5.41, 5.74) is 0. The van der Waals surface area contributed by atoms with Crippen molar-refractivity contribution in [2.75, 3.05) is 30.9 Å². The van der Waals surface area contributed by atoms with Gasteiger partial charge >= 0.3 is 0 Å². The maximum atomic E-state index is 5.15. The molecule has 0 amide bonds. The lowest BCUT2D eigenvalue weighted by atomic mass is 10.7. The summed E-state index contributed by atoms with van der Waals surface area (Å²) in [4.78, 5) is 0. The second-order valence-electron chi connectivity index (χ2n) is 1.50. The van der Waals surface area contributed by atoms with E-state index in [1.807, 2.05) is 6.92 Å². The first-order valence-electron chi connectivity index (χ1n) is 3.13. The summed E-state index contributed by atoms with van der Waals surface area (Å²) in [7, 11) is 0. The fourth-order valence-electron chi connectivity index (χ4n) is 0.419. The van der Waals surface area contributed by atoms with Crippen molar-refractivity contribution < 1.29 is 9.47 Å². The number of alkyl halides is 1. The Morgan fingerprint density at radius 2 is 1.78 bits per heavy atom. The summed E-state index contributed by atoms with van der Waals surface area (Å²) in [6.45, 7) is 5.07. The standard InChI is InChI=1S/C6H13IO2/c1-2-8-5-6-9-4-3-7/h2-6H2,1H3. The Kier molecular flexibility index (Phi) is 9.27. The molecule has 0 saturated heterocycles. The molecule has 2 nitrogen and oxygen atoms in total. The summed E-state index contributed by atoms with van der Waals surface area (Å²) in [6.07, 6.45) is 0. The van der Waals surface area contributed by atoms with Crippen molar-refractivity contribution in [2.45, 2.75) is 6.92 Å². The molecule has 0 N–H and O–H groups in total. The zero-order valence-corrected chi connectivity index (χ0v) is 7.89. The number of halogens is 1. The normalized spacial score (nSPS) is 10.0. The third kappa shape index (κ3) is 8.65. The second kappa shape index (κ2) is 8.65. The highest BCUT2D eigenvalue weighted by Crippen LogP contribution is 1.82. The molecule has 0 radical (unpaired) electrons. The van der Waals surface area contributed by atoms with Gasteiger partial charge in [-0.25, -0.2) is 0 Å². The molecule has 0 heterocycles. The van der Waals surface area contributed by atoms with Crippen LogP contribution in [0.15, 0.2) is 0 Å². The van der Waals surface area contributed by atoms with Gasteiger partial charge in [0, 0.05) is 11.0 Å². The SMILES string of the molecule is CCOCCOCCI. The van der Waals surface area contributed by atoms with Gasteiger partial charge in [0.2, 0.25) is 0 Å². The van der Waals surface area contributed by atoms with Gasteiger partial charge in [0.1, 0.15) is 0 Å². The van der Waals surface area contributed by atoms with Crippen LogP contribution in [0.5, 0.6) is 0 Å². The lowest BCUT2D eigenvalue weighted by molar-refractivity contribution is 0.0600. The third-order valence-electron chi connectivity index (χ3n) is 0.798. The van der Waals surface area contributed by atoms with E-state index in [2.05, 4.69) is 22.6 Å². The van der Waals surface area contributed by atoms with Gasteiger partial charge < -0.3 is 9.47 Å². The summed E-state index contributed by atoms with van der Waals surface area (Å²) < 4.78 is 11.3. The predicted octanol–water partition coefficient (Wildman–Crippen LogP) is 1.47. The van der Waals surface area contributed by atoms with Crippen molar-refractivity contribution in [2.24, 2.45) is 0 Å². The molecule has 0 fully saturated rings. The molecule has 0 saturated carbocycles. The molecule has 0 spiro atoms. The van der Waals surface area contributed by atoms with Crippen molar-refractivity contribution in [1.82, 2.24) is 0 Å². The van der Waals surface area contributed by atoms with Crippen LogP contribution in [0.2, 0.25) is 0 Å². The van der Waals surface area contributed by atoms with Gasteiger partial charge in [0.15, 0.2) is 0 Å². The second-order valence-corrected chi connectivity index (χ2v) is 2.58. The Hall–Kier alpha value is 0.650. The van der Waals surface area contributed by atoms with Gasteiger partial charge in [-0.3, -0.25) is 0 Å². The Balaban J connectivity index is 2.60. The maximum Gasteiger partial charge on any atom is 0.0700 e. The first-order valence-corrected chi connectivity index (χ1v) is 4.65. The van der Waals surface area contributed by atoms with E-state index in [9.17, 15) is 0 Å². The molecule has 56 valence electrons. The number of hydrogen-bond acceptors (Lipinski definition) is 2. The van der Waals surface area contributed by atoms with Gasteiger partial charge in [-0.2, -0.15) is 0 Å². The molecule has 0 atom stereocenters. The van der Waals surface area contributed by atoms with E-state index >= 15 is 0 Å². The molecule has 0 unspecified atom stereocenters. The summed E-state index contributed by atoms with van der Waals surface area (Å²) in [5.74, 6) is 0. The van der Waals surface area contributed by atoms with Crippen molar-refractivity contribution in [3.8, 4) is 0 Å². The Morgan fingerprint density at radius 3 is 2.33 bits per heavy atom. The van der Waals surface area contributed by atoms with E-state index < -0.39 is 0 Å². The molecule has 0 aliphatic heterocycles. The number of hydrogen-bond donors (Lipinski definition) is 0. The van der Waals surface area contributed by atoms with Crippen LogP contribution in [0, 0.1) is 0 Å². The molecule has 3 heteroatoms. The van der Waals surface area contributed by atoms with Gasteiger partial charge in [-0.1, -0.05) is 22.6 Å². The van der Waals surface area contributed by atoms with Gasteiger partial charge in [-0.15, -0.1) is 0 Å². The van der Waals surface area contributed by atoms with Gasteiger partial charge in [0.25, 0.3) is 0 Å². The van der Waals surface area contributed by atoms with Crippen molar-refractivity contribution in [1.29, 1.82) is 0 Å². The molecule has 0 aromatic heterocycles. The maximum absolute atomic E-state index is 5.15. The van der Waals surface area contributed by atoms with E-state index in [0.29, 0.717) is 0 Å². The van der Waals surface area contributed by atoms with Crippen LogP contribution in [0.25, 0.3) is 0 Å². The molecular formula is C6H13IO2. The van der Waals surface area contributed by atoms with Gasteiger partial charge in [-0.05, 0) is 6.92 Å². The lowest BCUT2D eigenvalue weighted by Crippen LogP contribution is -2.05. The highest BCUT2D eigenvalue weighted by molar-refractivity contribution is 14.1. The monoisotopic (exact) mass is 244 g/mol. The fourth-order valence-corrected chi connectivity index (χ4v) is 0.730. The van der Waals surface area contributed by atoms with Crippen LogP contribution in [0.3, 0.4) is 0 Å². The van der Waals surface area contributed by atoms with Crippen LogP contribution in [0.1, 0.15) is 6.92 Å². The van der Waals surface area contributed by atoms with Crippen molar-refractivity contribution >= 4 is 22.6 Å². The first kappa shape index (κ1) is 9.65. The average molecular weight is 244 g/mol. The average Bonchev–Trinajstić information content (AvgIpc) is 1.89. The van der Waals surface area contributed by atoms with Crippen LogP contribution in [-0.4, -0.2) is 30.9 Å². The van der Waals surface area contributed by atoms with Crippen molar-refractivity contribution in [3.05, 3.63) is 0 Å². The molecule has 0 rings (SSSR count). The summed E-state index contributed by atoms with van der Waals surface area (Å²) in [6, 6.07) is 0. The van der Waals surface area contributed by atoms with E-state index in [1.54, 1.807) is 0 Å². The van der Waals surface area contributed by atoms with Crippen molar-refractivity contribution in [3.63, 3.8) is 0 Å². The molecule has 0 bridgehead atoms. The molecular weight excluding hydrogens is 231 g/mol. The first-order chi connectivity index (χ1) is 4.41. The molecule has 0 aromatic carbocycles. The number of rotatable bonds is 6. The smallest absolute Gasteiger partial charge is 0.0700 e.